The predicted molar refractivity (Wildman–Crippen MR) is 102 cm³/mol. The van der Waals surface area contributed by atoms with Gasteiger partial charge in [0, 0.05) is 30.4 Å². The molecule has 10 heteroatoms. The average Bonchev–Trinajstić information content (AvgIpc) is 3.22. The van der Waals surface area contributed by atoms with E-state index in [9.17, 15) is 23.3 Å². The zero-order valence-corrected chi connectivity index (χ0v) is 15.9. The Hall–Kier alpha value is -3.14. The number of likely N-dealkylation sites (tertiary alicyclic amines) is 1. The van der Waals surface area contributed by atoms with E-state index in [1.807, 2.05) is 0 Å². The molecule has 3 rings (SSSR count). The molecule has 1 N–H and O–H groups in total. The third kappa shape index (κ3) is 4.06. The van der Waals surface area contributed by atoms with Crippen LogP contribution in [0.5, 0.6) is 5.75 Å². The molecule has 1 heterocycles. The number of anilines is 1. The van der Waals surface area contributed by atoms with Gasteiger partial charge in [-0.3, -0.25) is 19.6 Å². The number of hydrogen-bond acceptors (Lipinski definition) is 6. The first-order valence-corrected chi connectivity index (χ1v) is 10.0. The lowest BCUT2D eigenvalue weighted by Crippen LogP contribution is -2.27. The van der Waals surface area contributed by atoms with Crippen LogP contribution in [-0.2, 0) is 10.0 Å². The van der Waals surface area contributed by atoms with Gasteiger partial charge in [-0.25, -0.2) is 8.42 Å². The van der Waals surface area contributed by atoms with Crippen molar-refractivity contribution in [3.63, 3.8) is 0 Å². The average molecular weight is 405 g/mol. The molecule has 0 atom stereocenters. The van der Waals surface area contributed by atoms with Crippen LogP contribution < -0.4 is 9.46 Å². The van der Waals surface area contributed by atoms with Crippen molar-refractivity contribution in [3.8, 4) is 5.75 Å². The Morgan fingerprint density at radius 1 is 1.14 bits per heavy atom. The van der Waals surface area contributed by atoms with E-state index in [-0.39, 0.29) is 22.2 Å². The normalized spacial score (nSPS) is 14.0. The van der Waals surface area contributed by atoms with Crippen LogP contribution in [0.3, 0.4) is 0 Å². The minimum atomic E-state index is -4.05. The van der Waals surface area contributed by atoms with Crippen LogP contribution in [-0.4, -0.2) is 44.3 Å². The molecular formula is C18H19N3O6S. The summed E-state index contributed by atoms with van der Waals surface area (Å²) in [7, 11) is -2.78. The van der Waals surface area contributed by atoms with E-state index >= 15 is 0 Å². The van der Waals surface area contributed by atoms with Gasteiger partial charge >= 0.3 is 5.69 Å². The number of carbonyl (C=O) groups is 1. The van der Waals surface area contributed by atoms with Gasteiger partial charge in [0.05, 0.1) is 16.9 Å². The Morgan fingerprint density at radius 2 is 1.79 bits per heavy atom. The molecule has 9 nitrogen and oxygen atoms in total. The lowest BCUT2D eigenvalue weighted by molar-refractivity contribution is -0.386. The van der Waals surface area contributed by atoms with Crippen molar-refractivity contribution in [2.75, 3.05) is 24.9 Å². The molecule has 0 aliphatic carbocycles. The summed E-state index contributed by atoms with van der Waals surface area (Å²) in [4.78, 5) is 24.2. The highest BCUT2D eigenvalue weighted by Crippen LogP contribution is 2.30. The first-order chi connectivity index (χ1) is 13.3. The van der Waals surface area contributed by atoms with Gasteiger partial charge in [0.1, 0.15) is 0 Å². The molecular weight excluding hydrogens is 386 g/mol. The Kier molecular flexibility index (Phi) is 5.50. The molecule has 0 spiro atoms. The van der Waals surface area contributed by atoms with Gasteiger partial charge in [-0.2, -0.15) is 0 Å². The summed E-state index contributed by atoms with van der Waals surface area (Å²) in [5, 5.41) is 11.1. The molecule has 0 aromatic heterocycles. The van der Waals surface area contributed by atoms with Gasteiger partial charge in [0.25, 0.3) is 15.9 Å². The molecule has 1 fully saturated rings. The van der Waals surface area contributed by atoms with Crippen LogP contribution in [0.2, 0.25) is 0 Å². The SMILES string of the molecule is COc1ccc(S(=O)(=O)Nc2ccc(C(=O)N3CCCC3)cc2)cc1[N+](=O)[O-]. The molecule has 0 radical (unpaired) electrons. The van der Waals surface area contributed by atoms with Crippen LogP contribution in [0.1, 0.15) is 23.2 Å². The number of nitrogens with one attached hydrogen (secondary N) is 1. The minimum absolute atomic E-state index is 0.0336. The third-order valence-corrected chi connectivity index (χ3v) is 5.81. The van der Waals surface area contributed by atoms with Crippen LogP contribution in [0.4, 0.5) is 11.4 Å². The number of amides is 1. The van der Waals surface area contributed by atoms with Crippen LogP contribution >= 0.6 is 0 Å². The Morgan fingerprint density at radius 3 is 2.36 bits per heavy atom. The number of rotatable bonds is 6. The number of nitro benzene ring substituents is 1. The zero-order valence-electron chi connectivity index (χ0n) is 15.1. The standard InChI is InChI=1S/C18H19N3O6S/c1-27-17-9-8-15(12-16(17)21(23)24)28(25,26)19-14-6-4-13(5-7-14)18(22)20-10-2-3-11-20/h4-9,12,19H,2-3,10-11H2,1H3. The van der Waals surface area contributed by atoms with Crippen molar-refractivity contribution in [1.29, 1.82) is 0 Å². The summed E-state index contributed by atoms with van der Waals surface area (Å²) >= 11 is 0. The van der Waals surface area contributed by atoms with E-state index in [0.29, 0.717) is 5.56 Å². The number of nitrogens with zero attached hydrogens (tertiary/aromatic N) is 2. The summed E-state index contributed by atoms with van der Waals surface area (Å²) in [6.07, 6.45) is 1.97. The van der Waals surface area contributed by atoms with Gasteiger partial charge in [-0.05, 0) is 49.2 Å². The lowest BCUT2D eigenvalue weighted by Gasteiger charge is -2.15. The third-order valence-electron chi connectivity index (χ3n) is 4.43. The molecule has 1 aliphatic rings. The number of ether oxygens (including phenoxy) is 1. The van der Waals surface area contributed by atoms with E-state index in [4.69, 9.17) is 4.74 Å². The summed E-state index contributed by atoms with van der Waals surface area (Å²) < 4.78 is 32.3. The maximum atomic E-state index is 12.6. The molecule has 28 heavy (non-hydrogen) atoms. The molecule has 0 bridgehead atoms. The molecule has 1 aliphatic heterocycles. The topological polar surface area (TPSA) is 119 Å². The quantitative estimate of drug-likeness (QED) is 0.583. The predicted octanol–water partition coefficient (Wildman–Crippen LogP) is 2.64. The fourth-order valence-electron chi connectivity index (χ4n) is 2.98. The maximum absolute atomic E-state index is 12.6. The number of benzene rings is 2. The maximum Gasteiger partial charge on any atom is 0.312 e. The van der Waals surface area contributed by atoms with E-state index in [2.05, 4.69) is 4.72 Å². The highest BCUT2D eigenvalue weighted by atomic mass is 32.2. The van der Waals surface area contributed by atoms with E-state index in [0.717, 1.165) is 32.0 Å². The Bertz CT molecular complexity index is 998. The molecule has 2 aromatic rings. The Labute approximate surface area is 162 Å². The number of hydrogen-bond donors (Lipinski definition) is 1. The molecule has 148 valence electrons. The summed E-state index contributed by atoms with van der Waals surface area (Å²) in [6, 6.07) is 9.46. The van der Waals surface area contributed by atoms with E-state index < -0.39 is 20.6 Å². The van der Waals surface area contributed by atoms with Gasteiger partial charge in [0.15, 0.2) is 5.75 Å². The van der Waals surface area contributed by atoms with Crippen molar-refractivity contribution in [1.82, 2.24) is 4.90 Å². The van der Waals surface area contributed by atoms with Gasteiger partial charge in [0.2, 0.25) is 0 Å². The van der Waals surface area contributed by atoms with Crippen LogP contribution in [0.15, 0.2) is 47.4 Å². The lowest BCUT2D eigenvalue weighted by atomic mass is 10.2. The molecule has 2 aromatic carbocycles. The largest absolute Gasteiger partial charge is 0.490 e. The fourth-order valence-corrected chi connectivity index (χ4v) is 4.06. The van der Waals surface area contributed by atoms with Crippen molar-refractivity contribution in [3.05, 3.63) is 58.1 Å². The van der Waals surface area contributed by atoms with Crippen molar-refractivity contribution in [2.24, 2.45) is 0 Å². The minimum Gasteiger partial charge on any atom is -0.490 e. The molecule has 0 saturated carbocycles. The first kappa shape index (κ1) is 19.6. The highest BCUT2D eigenvalue weighted by Gasteiger charge is 2.23. The van der Waals surface area contributed by atoms with Crippen molar-refractivity contribution in [2.45, 2.75) is 17.7 Å². The monoisotopic (exact) mass is 405 g/mol. The molecule has 1 saturated heterocycles. The smallest absolute Gasteiger partial charge is 0.312 e. The fraction of sp³-hybridized carbons (Fsp3) is 0.278. The zero-order chi connectivity index (χ0) is 20.3. The van der Waals surface area contributed by atoms with Crippen LogP contribution in [0, 0.1) is 10.1 Å². The number of nitro groups is 1. The number of carbonyl (C=O) groups excluding carboxylic acids is 1. The van der Waals surface area contributed by atoms with Gasteiger partial charge in [-0.15, -0.1) is 0 Å². The van der Waals surface area contributed by atoms with E-state index in [1.54, 1.807) is 17.0 Å². The van der Waals surface area contributed by atoms with Crippen molar-refractivity contribution >= 4 is 27.3 Å². The summed E-state index contributed by atoms with van der Waals surface area (Å²) in [6.45, 7) is 1.45. The molecule has 0 unspecified atom stereocenters. The molecule has 1 amide bonds. The Balaban J connectivity index is 1.79. The second-order valence-electron chi connectivity index (χ2n) is 6.27. The van der Waals surface area contributed by atoms with Gasteiger partial charge in [-0.1, -0.05) is 0 Å². The second kappa shape index (κ2) is 7.85. The van der Waals surface area contributed by atoms with Crippen molar-refractivity contribution < 1.29 is 22.9 Å². The number of sulfonamides is 1. The summed E-state index contributed by atoms with van der Waals surface area (Å²) in [5.74, 6) is -0.119. The first-order valence-electron chi connectivity index (χ1n) is 8.56. The van der Waals surface area contributed by atoms with Crippen LogP contribution in [0.25, 0.3) is 0 Å². The summed E-state index contributed by atoms with van der Waals surface area (Å²) in [5.41, 5.74) is 0.276. The second-order valence-corrected chi connectivity index (χ2v) is 7.96. The van der Waals surface area contributed by atoms with E-state index in [1.165, 1.54) is 31.4 Å². The highest BCUT2D eigenvalue weighted by molar-refractivity contribution is 7.92. The van der Waals surface area contributed by atoms with Gasteiger partial charge < -0.3 is 9.64 Å². The number of methoxy groups -OCH3 is 1.